The molecule has 0 aliphatic heterocycles. The molecule has 8 heteroatoms. The van der Waals surface area contributed by atoms with Crippen LogP contribution in [0.5, 0.6) is 0 Å². The summed E-state index contributed by atoms with van der Waals surface area (Å²) in [5, 5.41) is 7.02. The first-order valence-electron chi connectivity index (χ1n) is 7.62. The van der Waals surface area contributed by atoms with E-state index in [1.54, 1.807) is 17.5 Å². The maximum atomic E-state index is 6.21. The van der Waals surface area contributed by atoms with Gasteiger partial charge in [0.05, 0.1) is 10.2 Å². The van der Waals surface area contributed by atoms with E-state index in [0.717, 1.165) is 20.9 Å². The molecule has 0 saturated carbocycles. The molecule has 0 spiro atoms. The van der Waals surface area contributed by atoms with E-state index in [1.165, 1.54) is 6.33 Å². The Morgan fingerprint density at radius 3 is 2.60 bits per heavy atom. The minimum Gasteiger partial charge on any atom is -0.393 e. The summed E-state index contributed by atoms with van der Waals surface area (Å²) < 4.78 is 1.10. The summed E-state index contributed by atoms with van der Waals surface area (Å²) in [6.07, 6.45) is 3.18. The van der Waals surface area contributed by atoms with Gasteiger partial charge in [0.1, 0.15) is 17.8 Å². The summed E-state index contributed by atoms with van der Waals surface area (Å²) in [5.41, 5.74) is 8.65. The van der Waals surface area contributed by atoms with E-state index in [1.807, 2.05) is 43.3 Å². The molecule has 0 atom stereocenters. The van der Waals surface area contributed by atoms with Crippen LogP contribution in [0.2, 0.25) is 0 Å². The average Bonchev–Trinajstić information content (AvgIpc) is 3.01. The molecule has 4 N–H and O–H groups in total. The first-order valence-corrected chi connectivity index (χ1v) is 8.43. The molecule has 0 radical (unpaired) electrons. The number of pyridine rings is 1. The third-order valence-corrected chi connectivity index (χ3v) is 4.52. The smallest absolute Gasteiger partial charge is 0.189 e. The summed E-state index contributed by atoms with van der Waals surface area (Å²) >= 11 is 1.54. The summed E-state index contributed by atoms with van der Waals surface area (Å²) in [7, 11) is 0. The third kappa shape index (κ3) is 3.20. The molecule has 0 amide bonds. The lowest BCUT2D eigenvalue weighted by molar-refractivity contribution is 1.16. The SMILES string of the molecule is Cc1ccnc(Nc2ncnc(Nc3nc4ccccc4s3)c2N)c1. The van der Waals surface area contributed by atoms with Gasteiger partial charge in [0.15, 0.2) is 16.8 Å². The van der Waals surface area contributed by atoms with Gasteiger partial charge in [0.2, 0.25) is 0 Å². The lowest BCUT2D eigenvalue weighted by Crippen LogP contribution is -2.05. The van der Waals surface area contributed by atoms with Gasteiger partial charge in [-0.15, -0.1) is 0 Å². The van der Waals surface area contributed by atoms with E-state index in [-0.39, 0.29) is 0 Å². The van der Waals surface area contributed by atoms with Gasteiger partial charge in [-0.2, -0.15) is 0 Å². The van der Waals surface area contributed by atoms with Crippen LogP contribution in [0.1, 0.15) is 5.56 Å². The number of hydrogen-bond donors (Lipinski definition) is 3. The van der Waals surface area contributed by atoms with Crippen LogP contribution < -0.4 is 16.4 Å². The number of nitrogens with one attached hydrogen (secondary N) is 2. The van der Waals surface area contributed by atoms with Crippen molar-refractivity contribution in [2.45, 2.75) is 6.92 Å². The van der Waals surface area contributed by atoms with Gasteiger partial charge in [-0.3, -0.25) is 0 Å². The van der Waals surface area contributed by atoms with E-state index in [0.29, 0.717) is 23.1 Å². The molecule has 0 unspecified atom stereocenters. The normalized spacial score (nSPS) is 10.8. The first kappa shape index (κ1) is 15.3. The lowest BCUT2D eigenvalue weighted by Gasteiger charge is -2.11. The third-order valence-electron chi connectivity index (χ3n) is 3.57. The fourth-order valence-electron chi connectivity index (χ4n) is 2.35. The quantitative estimate of drug-likeness (QED) is 0.514. The monoisotopic (exact) mass is 349 g/mol. The minimum atomic E-state index is 0.407. The molecule has 0 aliphatic carbocycles. The van der Waals surface area contributed by atoms with Gasteiger partial charge < -0.3 is 16.4 Å². The van der Waals surface area contributed by atoms with Crippen molar-refractivity contribution in [1.29, 1.82) is 0 Å². The Labute approximate surface area is 148 Å². The van der Waals surface area contributed by atoms with Gasteiger partial charge in [0, 0.05) is 6.20 Å². The number of hydrogen-bond acceptors (Lipinski definition) is 8. The fourth-order valence-corrected chi connectivity index (χ4v) is 3.21. The molecule has 0 aliphatic rings. The van der Waals surface area contributed by atoms with E-state index in [2.05, 4.69) is 30.6 Å². The highest BCUT2D eigenvalue weighted by atomic mass is 32.1. The minimum absolute atomic E-state index is 0.407. The molecule has 4 aromatic rings. The van der Waals surface area contributed by atoms with Gasteiger partial charge in [-0.05, 0) is 36.8 Å². The van der Waals surface area contributed by atoms with Crippen LogP contribution in [0, 0.1) is 6.92 Å². The second kappa shape index (κ2) is 6.33. The molecule has 0 fully saturated rings. The number of benzene rings is 1. The van der Waals surface area contributed by atoms with Crippen molar-refractivity contribution < 1.29 is 0 Å². The topological polar surface area (TPSA) is 102 Å². The van der Waals surface area contributed by atoms with Gasteiger partial charge in [-0.25, -0.2) is 19.9 Å². The Morgan fingerprint density at radius 2 is 1.80 bits per heavy atom. The van der Waals surface area contributed by atoms with Gasteiger partial charge in [0.25, 0.3) is 0 Å². The van der Waals surface area contributed by atoms with E-state index in [4.69, 9.17) is 5.73 Å². The second-order valence-electron chi connectivity index (χ2n) is 5.44. The van der Waals surface area contributed by atoms with E-state index in [9.17, 15) is 0 Å². The molecular weight excluding hydrogens is 334 g/mol. The summed E-state index contributed by atoms with van der Waals surface area (Å²) in [4.78, 5) is 17.2. The van der Waals surface area contributed by atoms with Crippen LogP contribution in [0.3, 0.4) is 0 Å². The number of nitrogens with zero attached hydrogens (tertiary/aromatic N) is 4. The Morgan fingerprint density at radius 1 is 1.00 bits per heavy atom. The van der Waals surface area contributed by atoms with Crippen molar-refractivity contribution in [2.75, 3.05) is 16.4 Å². The van der Waals surface area contributed by atoms with Crippen LogP contribution in [0.25, 0.3) is 10.2 Å². The van der Waals surface area contributed by atoms with E-state index >= 15 is 0 Å². The van der Waals surface area contributed by atoms with Crippen LogP contribution in [-0.2, 0) is 0 Å². The molecule has 4 rings (SSSR count). The summed E-state index contributed by atoms with van der Waals surface area (Å²) in [5.74, 6) is 1.68. The van der Waals surface area contributed by atoms with Crippen molar-refractivity contribution in [1.82, 2.24) is 19.9 Å². The zero-order chi connectivity index (χ0) is 17.2. The highest BCUT2D eigenvalue weighted by Gasteiger charge is 2.11. The molecule has 25 heavy (non-hydrogen) atoms. The largest absolute Gasteiger partial charge is 0.393 e. The number of thiazole rings is 1. The fraction of sp³-hybridized carbons (Fsp3) is 0.0588. The number of nitrogen functional groups attached to an aromatic ring is 1. The van der Waals surface area contributed by atoms with Crippen molar-refractivity contribution >= 4 is 49.8 Å². The van der Waals surface area contributed by atoms with E-state index < -0.39 is 0 Å². The number of nitrogens with two attached hydrogens (primary N) is 1. The predicted molar refractivity (Wildman–Crippen MR) is 102 cm³/mol. The van der Waals surface area contributed by atoms with Crippen molar-refractivity contribution in [2.24, 2.45) is 0 Å². The highest BCUT2D eigenvalue weighted by molar-refractivity contribution is 7.22. The predicted octanol–water partition coefficient (Wildman–Crippen LogP) is 3.86. The lowest BCUT2D eigenvalue weighted by atomic mass is 10.3. The zero-order valence-corrected chi connectivity index (χ0v) is 14.2. The average molecular weight is 349 g/mol. The highest BCUT2D eigenvalue weighted by Crippen LogP contribution is 2.31. The first-order chi connectivity index (χ1) is 12.2. The Hall–Kier alpha value is -3.26. The Balaban J connectivity index is 1.62. The van der Waals surface area contributed by atoms with Crippen LogP contribution in [0.4, 0.5) is 28.3 Å². The van der Waals surface area contributed by atoms with Gasteiger partial charge >= 0.3 is 0 Å². The van der Waals surface area contributed by atoms with Crippen molar-refractivity contribution in [3.8, 4) is 0 Å². The summed E-state index contributed by atoms with van der Waals surface area (Å²) in [6, 6.07) is 11.8. The Bertz CT molecular complexity index is 1010. The maximum Gasteiger partial charge on any atom is 0.189 e. The van der Waals surface area contributed by atoms with Crippen LogP contribution in [-0.4, -0.2) is 19.9 Å². The van der Waals surface area contributed by atoms with Crippen LogP contribution >= 0.6 is 11.3 Å². The molecule has 0 saturated heterocycles. The maximum absolute atomic E-state index is 6.21. The molecule has 7 nitrogen and oxygen atoms in total. The molecule has 3 aromatic heterocycles. The zero-order valence-electron chi connectivity index (χ0n) is 13.4. The second-order valence-corrected chi connectivity index (χ2v) is 6.47. The van der Waals surface area contributed by atoms with Crippen LogP contribution in [0.15, 0.2) is 48.9 Å². The van der Waals surface area contributed by atoms with Crippen molar-refractivity contribution in [3.63, 3.8) is 0 Å². The standard InChI is InChI=1S/C17H15N7S/c1-10-6-7-19-13(8-10)23-15-14(18)16(21-9-20-15)24-17-22-11-4-2-3-5-12(11)25-17/h2-9H,18H2,1H3,(H2,19,20,21,22,23,24). The van der Waals surface area contributed by atoms with Gasteiger partial charge in [-0.1, -0.05) is 23.5 Å². The molecular formula is C17H15N7S. The molecule has 0 bridgehead atoms. The molecule has 3 heterocycles. The number of aromatic nitrogens is 4. The van der Waals surface area contributed by atoms with Crippen molar-refractivity contribution in [3.05, 3.63) is 54.5 Å². The number of rotatable bonds is 4. The number of anilines is 5. The number of aryl methyl sites for hydroxylation is 1. The summed E-state index contributed by atoms with van der Waals surface area (Å²) in [6.45, 7) is 2.00. The molecule has 124 valence electrons. The number of para-hydroxylation sites is 1. The number of fused-ring (bicyclic) bond motifs is 1. The Kier molecular flexibility index (Phi) is 3.87. The molecule has 1 aromatic carbocycles.